The van der Waals surface area contributed by atoms with Crippen molar-refractivity contribution < 1.29 is 57.2 Å². The zero-order valence-corrected chi connectivity index (χ0v) is 22.2. The summed E-state index contributed by atoms with van der Waals surface area (Å²) in [6, 6.07) is 0. The Kier molecular flexibility index (Phi) is 34.1. The third kappa shape index (κ3) is 33.5. The molecule has 0 aromatic heterocycles. The van der Waals surface area contributed by atoms with Crippen molar-refractivity contribution >= 4 is 0 Å². The number of hydrogen-bond donors (Lipinski definition) is 1. The summed E-state index contributed by atoms with van der Waals surface area (Å²) in [7, 11) is 0. The van der Waals surface area contributed by atoms with E-state index >= 15 is 0 Å². The van der Waals surface area contributed by atoms with E-state index in [1.165, 1.54) is 0 Å². The van der Waals surface area contributed by atoms with E-state index in [0.29, 0.717) is 145 Å². The van der Waals surface area contributed by atoms with E-state index in [1.54, 1.807) is 0 Å². The van der Waals surface area contributed by atoms with Crippen molar-refractivity contribution in [3.05, 3.63) is 0 Å². The molecular weight excluding hydrogens is 480 g/mol. The molecule has 0 saturated heterocycles. The zero-order chi connectivity index (χ0) is 26.0. The summed E-state index contributed by atoms with van der Waals surface area (Å²) < 4.78 is 58.9. The Bertz CT molecular complexity index is 345. The Morgan fingerprint density at radius 3 is 0.611 bits per heavy atom. The molecule has 0 saturated carbocycles. The summed E-state index contributed by atoms with van der Waals surface area (Å²) in [5.74, 6) is 0. The van der Waals surface area contributed by atoms with E-state index in [2.05, 4.69) is 0 Å². The first-order valence-electron chi connectivity index (χ1n) is 12.9. The Balaban J connectivity index is 3.00. The summed E-state index contributed by atoms with van der Waals surface area (Å²) in [5.41, 5.74) is 0. The van der Waals surface area contributed by atoms with Gasteiger partial charge in [0.2, 0.25) is 0 Å². The van der Waals surface area contributed by atoms with Crippen LogP contribution in [0.25, 0.3) is 0 Å². The molecule has 36 heavy (non-hydrogen) atoms. The highest BCUT2D eigenvalue weighted by Gasteiger charge is 1.96. The van der Waals surface area contributed by atoms with E-state index in [0.717, 1.165) is 0 Å². The fourth-order valence-electron chi connectivity index (χ4n) is 2.41. The molecule has 0 aliphatic rings. The van der Waals surface area contributed by atoms with Gasteiger partial charge in [-0.2, -0.15) is 0 Å². The van der Waals surface area contributed by atoms with Crippen LogP contribution in [0.4, 0.5) is 0 Å². The third-order valence-electron chi connectivity index (χ3n) is 4.16. The summed E-state index contributed by atoms with van der Waals surface area (Å²) in [6.07, 6.45) is 0. The quantitative estimate of drug-likeness (QED) is 0.117. The molecule has 0 rings (SSSR count). The number of aliphatic hydroxyl groups is 1. The van der Waals surface area contributed by atoms with Gasteiger partial charge in [0, 0.05) is 6.61 Å². The van der Waals surface area contributed by atoms with Crippen molar-refractivity contribution in [2.75, 3.05) is 152 Å². The van der Waals surface area contributed by atoms with Gasteiger partial charge < -0.3 is 57.2 Å². The summed E-state index contributed by atoms with van der Waals surface area (Å²) in [4.78, 5) is 0. The number of hydrogen-bond acceptors (Lipinski definition) is 12. The minimum absolute atomic E-state index is 0.0284. The van der Waals surface area contributed by atoms with Crippen LogP contribution < -0.4 is 0 Å². The summed E-state index contributed by atoms with van der Waals surface area (Å²) >= 11 is 0. The van der Waals surface area contributed by atoms with Gasteiger partial charge in [0.1, 0.15) is 0 Å². The first-order valence-corrected chi connectivity index (χ1v) is 12.9. The first kappa shape index (κ1) is 35.5. The fraction of sp³-hybridized carbons (Fsp3) is 1.00. The largest absolute Gasteiger partial charge is 0.394 e. The highest BCUT2D eigenvalue weighted by molar-refractivity contribution is 4.38. The van der Waals surface area contributed by atoms with E-state index in [9.17, 15) is 0 Å². The lowest BCUT2D eigenvalue weighted by atomic mass is 10.6. The molecule has 0 fully saturated rings. The second-order valence-electron chi connectivity index (χ2n) is 7.04. The molecule has 1 N–H and O–H groups in total. The van der Waals surface area contributed by atoms with Crippen LogP contribution in [-0.2, 0) is 52.1 Å². The van der Waals surface area contributed by atoms with Gasteiger partial charge >= 0.3 is 0 Å². The van der Waals surface area contributed by atoms with Crippen molar-refractivity contribution in [1.29, 1.82) is 0 Å². The number of rotatable bonds is 33. The molecule has 0 bridgehead atoms. The Labute approximate surface area is 216 Å². The van der Waals surface area contributed by atoms with Gasteiger partial charge in [-0.25, -0.2) is 0 Å². The van der Waals surface area contributed by atoms with E-state index in [4.69, 9.17) is 57.2 Å². The van der Waals surface area contributed by atoms with Crippen molar-refractivity contribution in [3.8, 4) is 0 Å². The second-order valence-corrected chi connectivity index (χ2v) is 7.04. The van der Waals surface area contributed by atoms with Gasteiger partial charge in [0.05, 0.1) is 145 Å². The Morgan fingerprint density at radius 2 is 0.444 bits per heavy atom. The number of aliphatic hydroxyl groups excluding tert-OH is 1. The first-order chi connectivity index (χ1) is 17.9. The molecule has 0 aromatic carbocycles. The predicted molar refractivity (Wildman–Crippen MR) is 132 cm³/mol. The molecule has 12 nitrogen and oxygen atoms in total. The molecule has 0 aromatic rings. The Hall–Kier alpha value is -0.480. The molecule has 0 unspecified atom stereocenters. The Morgan fingerprint density at radius 1 is 0.278 bits per heavy atom. The maximum atomic E-state index is 8.55. The van der Waals surface area contributed by atoms with E-state index < -0.39 is 0 Å². The van der Waals surface area contributed by atoms with E-state index in [-0.39, 0.29) is 6.61 Å². The predicted octanol–water partition coefficient (Wildman–Crippen LogP) is 0.181. The molecule has 0 aliphatic heterocycles. The normalized spacial score (nSPS) is 11.5. The second kappa shape index (κ2) is 34.5. The van der Waals surface area contributed by atoms with Gasteiger partial charge in [-0.1, -0.05) is 0 Å². The van der Waals surface area contributed by atoms with Crippen molar-refractivity contribution in [2.24, 2.45) is 0 Å². The number of ether oxygens (including phenoxy) is 11. The smallest absolute Gasteiger partial charge is 0.0701 e. The molecule has 0 heterocycles. The minimum atomic E-state index is 0.0284. The van der Waals surface area contributed by atoms with Crippen molar-refractivity contribution in [3.63, 3.8) is 0 Å². The highest BCUT2D eigenvalue weighted by Crippen LogP contribution is 1.86. The average molecular weight is 531 g/mol. The lowest BCUT2D eigenvalue weighted by Gasteiger charge is -2.09. The lowest BCUT2D eigenvalue weighted by Crippen LogP contribution is -2.15. The summed E-state index contributed by atoms with van der Waals surface area (Å²) in [6.45, 7) is 13.6. The molecular formula is C24H50O12. The summed E-state index contributed by atoms with van der Waals surface area (Å²) in [5, 5.41) is 8.55. The van der Waals surface area contributed by atoms with Gasteiger partial charge in [-0.15, -0.1) is 0 Å². The maximum absolute atomic E-state index is 8.55. The monoisotopic (exact) mass is 530 g/mol. The molecule has 0 atom stereocenters. The average Bonchev–Trinajstić information content (AvgIpc) is 2.89. The molecule has 0 spiro atoms. The van der Waals surface area contributed by atoms with Crippen LogP contribution in [0.3, 0.4) is 0 Å². The molecule has 0 radical (unpaired) electrons. The van der Waals surface area contributed by atoms with Crippen LogP contribution in [0.5, 0.6) is 0 Å². The van der Waals surface area contributed by atoms with Crippen LogP contribution in [0.2, 0.25) is 0 Å². The van der Waals surface area contributed by atoms with Crippen LogP contribution in [0, 0.1) is 0 Å². The van der Waals surface area contributed by atoms with Gasteiger partial charge in [0.25, 0.3) is 0 Å². The fourth-order valence-corrected chi connectivity index (χ4v) is 2.41. The van der Waals surface area contributed by atoms with Crippen molar-refractivity contribution in [1.82, 2.24) is 0 Å². The minimum Gasteiger partial charge on any atom is -0.394 e. The van der Waals surface area contributed by atoms with Gasteiger partial charge in [-0.05, 0) is 6.92 Å². The van der Waals surface area contributed by atoms with Crippen LogP contribution in [-0.4, -0.2) is 157 Å². The van der Waals surface area contributed by atoms with Crippen LogP contribution >= 0.6 is 0 Å². The topological polar surface area (TPSA) is 122 Å². The van der Waals surface area contributed by atoms with E-state index in [1.807, 2.05) is 6.92 Å². The third-order valence-corrected chi connectivity index (χ3v) is 4.16. The molecule has 12 heteroatoms. The standard InChI is InChI=1S/C24H50O12/c1-2-26-5-6-28-9-10-30-13-14-32-17-18-34-21-22-36-24-23-35-20-19-33-16-15-31-12-11-29-8-7-27-4-3-25/h25H,2-24H2,1H3. The highest BCUT2D eigenvalue weighted by atomic mass is 16.6. The lowest BCUT2D eigenvalue weighted by molar-refractivity contribution is -0.0277. The maximum Gasteiger partial charge on any atom is 0.0701 e. The van der Waals surface area contributed by atoms with Crippen LogP contribution in [0.15, 0.2) is 0 Å². The molecule has 0 amide bonds. The van der Waals surface area contributed by atoms with Gasteiger partial charge in [0.15, 0.2) is 0 Å². The molecule has 218 valence electrons. The van der Waals surface area contributed by atoms with Crippen LogP contribution in [0.1, 0.15) is 6.92 Å². The SMILES string of the molecule is CCOCCOCCOCCOCCOCCOCCOCCOCCOCCOCCOCCO. The van der Waals surface area contributed by atoms with Gasteiger partial charge in [-0.3, -0.25) is 0 Å². The molecule has 0 aliphatic carbocycles. The van der Waals surface area contributed by atoms with Crippen molar-refractivity contribution in [2.45, 2.75) is 6.92 Å². The zero-order valence-electron chi connectivity index (χ0n) is 22.2.